The fourth-order valence-electron chi connectivity index (χ4n) is 1.81. The summed E-state index contributed by atoms with van der Waals surface area (Å²) in [6.07, 6.45) is 0. The van der Waals surface area contributed by atoms with Gasteiger partial charge in [-0.3, -0.25) is 4.79 Å². The van der Waals surface area contributed by atoms with Crippen LogP contribution in [0, 0.1) is 6.92 Å². The molecule has 0 aliphatic carbocycles. The van der Waals surface area contributed by atoms with E-state index in [9.17, 15) is 4.79 Å². The third-order valence-corrected chi connectivity index (χ3v) is 4.43. The largest absolute Gasteiger partial charge is 0.324 e. The van der Waals surface area contributed by atoms with E-state index in [0.29, 0.717) is 5.75 Å². The van der Waals surface area contributed by atoms with E-state index in [0.717, 1.165) is 15.9 Å². The van der Waals surface area contributed by atoms with Crippen molar-refractivity contribution < 1.29 is 4.79 Å². The average molecular weight is 350 g/mol. The highest BCUT2D eigenvalue weighted by Crippen LogP contribution is 2.21. The number of halogens is 1. The van der Waals surface area contributed by atoms with Gasteiger partial charge in [-0.2, -0.15) is 0 Å². The van der Waals surface area contributed by atoms with Gasteiger partial charge >= 0.3 is 0 Å². The van der Waals surface area contributed by atoms with Gasteiger partial charge in [-0.15, -0.1) is 11.8 Å². The second-order valence-electron chi connectivity index (χ2n) is 4.51. The molecule has 2 rings (SSSR count). The summed E-state index contributed by atoms with van der Waals surface area (Å²) in [6.45, 7) is 2.08. The van der Waals surface area contributed by atoms with Crippen LogP contribution in [0.2, 0.25) is 0 Å². The summed E-state index contributed by atoms with van der Waals surface area (Å²) in [5.74, 6) is 1.33. The Balaban J connectivity index is 1.80. The van der Waals surface area contributed by atoms with Gasteiger partial charge in [0, 0.05) is 10.2 Å². The molecule has 2 aromatic rings. The molecule has 0 aliphatic heterocycles. The summed E-state index contributed by atoms with van der Waals surface area (Å²) in [5.41, 5.74) is 3.32. The summed E-state index contributed by atoms with van der Waals surface area (Å²) >= 11 is 5.04. The van der Waals surface area contributed by atoms with E-state index in [-0.39, 0.29) is 5.91 Å². The zero-order chi connectivity index (χ0) is 14.4. The number of hydrogen-bond acceptors (Lipinski definition) is 2. The van der Waals surface area contributed by atoms with E-state index in [2.05, 4.69) is 46.4 Å². The highest BCUT2D eigenvalue weighted by Gasteiger charge is 2.05. The molecule has 1 amide bonds. The van der Waals surface area contributed by atoms with Crippen molar-refractivity contribution in [2.24, 2.45) is 0 Å². The van der Waals surface area contributed by atoms with Crippen molar-refractivity contribution in [2.45, 2.75) is 12.7 Å². The van der Waals surface area contributed by atoms with Crippen LogP contribution >= 0.6 is 27.7 Å². The van der Waals surface area contributed by atoms with E-state index in [1.54, 1.807) is 11.8 Å². The number of carbonyl (C=O) groups excluding carboxylic acids is 1. The van der Waals surface area contributed by atoms with Crippen molar-refractivity contribution in [1.82, 2.24) is 0 Å². The normalized spacial score (nSPS) is 10.3. The summed E-state index contributed by atoms with van der Waals surface area (Å²) in [7, 11) is 0. The van der Waals surface area contributed by atoms with Gasteiger partial charge in [-0.25, -0.2) is 0 Å². The highest BCUT2D eigenvalue weighted by molar-refractivity contribution is 9.10. The van der Waals surface area contributed by atoms with Crippen LogP contribution in [0.25, 0.3) is 0 Å². The number of anilines is 1. The quantitative estimate of drug-likeness (QED) is 0.852. The van der Waals surface area contributed by atoms with Gasteiger partial charge in [-0.05, 0) is 40.5 Å². The molecule has 2 aromatic carbocycles. The molecule has 0 spiro atoms. The van der Waals surface area contributed by atoms with Crippen LogP contribution in [-0.2, 0) is 10.5 Å². The summed E-state index contributed by atoms with van der Waals surface area (Å²) in [6, 6.07) is 16.0. The van der Waals surface area contributed by atoms with Crippen molar-refractivity contribution in [1.29, 1.82) is 0 Å². The number of aryl methyl sites for hydroxylation is 1. The van der Waals surface area contributed by atoms with Gasteiger partial charge in [0.1, 0.15) is 0 Å². The van der Waals surface area contributed by atoms with Crippen LogP contribution in [0.15, 0.2) is 53.0 Å². The van der Waals surface area contributed by atoms with E-state index in [1.165, 1.54) is 11.1 Å². The van der Waals surface area contributed by atoms with Gasteiger partial charge in [0.05, 0.1) is 11.4 Å². The second-order valence-corrected chi connectivity index (χ2v) is 6.35. The molecule has 20 heavy (non-hydrogen) atoms. The van der Waals surface area contributed by atoms with Gasteiger partial charge in [0.15, 0.2) is 0 Å². The smallest absolute Gasteiger partial charge is 0.234 e. The number of para-hydroxylation sites is 1. The molecule has 0 saturated heterocycles. The Hall–Kier alpha value is -1.26. The maximum atomic E-state index is 11.9. The number of amides is 1. The molecule has 0 unspecified atom stereocenters. The molecule has 0 aliphatic rings. The lowest BCUT2D eigenvalue weighted by atomic mass is 10.2. The second kappa shape index (κ2) is 7.50. The van der Waals surface area contributed by atoms with E-state index in [1.807, 2.05) is 30.3 Å². The Labute approximate surface area is 132 Å². The van der Waals surface area contributed by atoms with E-state index < -0.39 is 0 Å². The minimum Gasteiger partial charge on any atom is -0.324 e. The number of rotatable bonds is 5. The van der Waals surface area contributed by atoms with Crippen LogP contribution < -0.4 is 5.32 Å². The lowest BCUT2D eigenvalue weighted by Gasteiger charge is -2.07. The summed E-state index contributed by atoms with van der Waals surface area (Å²) < 4.78 is 0.900. The molecule has 4 heteroatoms. The van der Waals surface area contributed by atoms with Gasteiger partial charge in [0.2, 0.25) is 5.91 Å². The number of nitrogens with one attached hydrogen (secondary N) is 1. The van der Waals surface area contributed by atoms with Gasteiger partial charge in [-0.1, -0.05) is 42.0 Å². The molecule has 0 aromatic heterocycles. The molecule has 0 fully saturated rings. The predicted molar refractivity (Wildman–Crippen MR) is 90.1 cm³/mol. The first-order chi connectivity index (χ1) is 9.65. The van der Waals surface area contributed by atoms with Crippen LogP contribution in [0.1, 0.15) is 11.1 Å². The Morgan fingerprint density at radius 1 is 1.20 bits per heavy atom. The monoisotopic (exact) mass is 349 g/mol. The zero-order valence-corrected chi connectivity index (χ0v) is 13.6. The van der Waals surface area contributed by atoms with Crippen molar-refractivity contribution >= 4 is 39.3 Å². The molecule has 0 heterocycles. The molecule has 0 radical (unpaired) electrons. The standard InChI is InChI=1S/C16H16BrNOS/c1-12-5-4-6-13(9-12)10-20-11-16(19)18-15-8-3-2-7-14(15)17/h2-9H,10-11H2,1H3,(H,18,19). The maximum absolute atomic E-state index is 11.9. The highest BCUT2D eigenvalue weighted by atomic mass is 79.9. The molecule has 1 N–H and O–H groups in total. The van der Waals surface area contributed by atoms with Crippen LogP contribution in [0.4, 0.5) is 5.69 Å². The molecule has 0 bridgehead atoms. The number of thioether (sulfide) groups is 1. The molecule has 0 atom stereocenters. The third-order valence-electron chi connectivity index (χ3n) is 2.73. The summed E-state index contributed by atoms with van der Waals surface area (Å²) in [4.78, 5) is 11.9. The van der Waals surface area contributed by atoms with Gasteiger partial charge < -0.3 is 5.32 Å². The maximum Gasteiger partial charge on any atom is 0.234 e. The lowest BCUT2D eigenvalue weighted by molar-refractivity contribution is -0.113. The molecular formula is C16H16BrNOS. The Kier molecular flexibility index (Phi) is 5.68. The van der Waals surface area contributed by atoms with Crippen molar-refractivity contribution in [3.05, 3.63) is 64.1 Å². The van der Waals surface area contributed by atoms with Crippen LogP contribution in [0.5, 0.6) is 0 Å². The molecular weight excluding hydrogens is 334 g/mol. The van der Waals surface area contributed by atoms with E-state index >= 15 is 0 Å². The fourth-order valence-corrected chi connectivity index (χ4v) is 2.97. The predicted octanol–water partition coefficient (Wildman–Crippen LogP) is 4.63. The van der Waals surface area contributed by atoms with Crippen LogP contribution in [0.3, 0.4) is 0 Å². The first kappa shape index (κ1) is 15.1. The van der Waals surface area contributed by atoms with Crippen molar-refractivity contribution in [3.63, 3.8) is 0 Å². The number of hydrogen-bond donors (Lipinski definition) is 1. The minimum absolute atomic E-state index is 0.0227. The first-order valence-corrected chi connectivity index (χ1v) is 8.27. The molecule has 0 saturated carbocycles. The Morgan fingerprint density at radius 2 is 2.00 bits per heavy atom. The number of benzene rings is 2. The van der Waals surface area contributed by atoms with E-state index in [4.69, 9.17) is 0 Å². The zero-order valence-electron chi connectivity index (χ0n) is 11.2. The third kappa shape index (κ3) is 4.69. The summed E-state index contributed by atoms with van der Waals surface area (Å²) in [5, 5.41) is 2.90. The molecule has 104 valence electrons. The SMILES string of the molecule is Cc1cccc(CSCC(=O)Nc2ccccc2Br)c1. The minimum atomic E-state index is 0.0227. The average Bonchev–Trinajstić information content (AvgIpc) is 2.41. The number of carbonyl (C=O) groups is 1. The van der Waals surface area contributed by atoms with Crippen molar-refractivity contribution in [3.8, 4) is 0 Å². The fraction of sp³-hybridized carbons (Fsp3) is 0.188. The Bertz CT molecular complexity index is 601. The van der Waals surface area contributed by atoms with Crippen LogP contribution in [-0.4, -0.2) is 11.7 Å². The Morgan fingerprint density at radius 3 is 2.75 bits per heavy atom. The van der Waals surface area contributed by atoms with Gasteiger partial charge in [0.25, 0.3) is 0 Å². The first-order valence-electron chi connectivity index (χ1n) is 6.33. The lowest BCUT2D eigenvalue weighted by Crippen LogP contribution is -2.14. The van der Waals surface area contributed by atoms with Crippen molar-refractivity contribution in [2.75, 3.05) is 11.1 Å². The molecule has 2 nitrogen and oxygen atoms in total. The topological polar surface area (TPSA) is 29.1 Å².